The second-order valence-corrected chi connectivity index (χ2v) is 8.44. The van der Waals surface area contributed by atoms with Gasteiger partial charge in [-0.1, -0.05) is 25.1 Å². The molecule has 0 spiro atoms. The van der Waals surface area contributed by atoms with Crippen LogP contribution >= 0.6 is 0 Å². The van der Waals surface area contributed by atoms with Crippen LogP contribution in [0.1, 0.15) is 70.6 Å². The normalized spacial score (nSPS) is 11.2. The zero-order chi connectivity index (χ0) is 22.1. The highest BCUT2D eigenvalue weighted by molar-refractivity contribution is 5.72. The summed E-state index contributed by atoms with van der Waals surface area (Å²) in [7, 11) is 0. The van der Waals surface area contributed by atoms with Gasteiger partial charge in [-0.15, -0.1) is 0 Å². The van der Waals surface area contributed by atoms with E-state index in [1.165, 1.54) is 11.3 Å². The summed E-state index contributed by atoms with van der Waals surface area (Å²) in [5.41, 5.74) is 4.38. The number of nitrogens with zero attached hydrogens (tertiary/aromatic N) is 1. The first-order chi connectivity index (χ1) is 14.3. The van der Waals surface area contributed by atoms with Gasteiger partial charge in [-0.2, -0.15) is 0 Å². The average Bonchev–Trinajstić information content (AvgIpc) is 2.69. The second-order valence-electron chi connectivity index (χ2n) is 8.44. The fourth-order valence-electron chi connectivity index (χ4n) is 3.95. The molecule has 4 nitrogen and oxygen atoms in total. The lowest BCUT2D eigenvalue weighted by molar-refractivity contribution is -0.134. The molecule has 0 bridgehead atoms. The molecule has 30 heavy (non-hydrogen) atoms. The van der Waals surface area contributed by atoms with Gasteiger partial charge < -0.3 is 14.7 Å². The van der Waals surface area contributed by atoms with E-state index < -0.39 is 0 Å². The SMILES string of the molecule is CCCC(=O)Oc1ccc(CO)cc1CCCc1cccc(N(C(C)C)C(C)C)c1. The van der Waals surface area contributed by atoms with Gasteiger partial charge in [0.05, 0.1) is 6.61 Å². The van der Waals surface area contributed by atoms with Crippen LogP contribution in [-0.4, -0.2) is 23.2 Å². The van der Waals surface area contributed by atoms with Crippen LogP contribution < -0.4 is 9.64 Å². The minimum Gasteiger partial charge on any atom is -0.426 e. The molecule has 164 valence electrons. The van der Waals surface area contributed by atoms with Gasteiger partial charge in [0.1, 0.15) is 5.75 Å². The summed E-state index contributed by atoms with van der Waals surface area (Å²) in [6.45, 7) is 10.8. The van der Waals surface area contributed by atoms with E-state index in [0.29, 0.717) is 24.3 Å². The van der Waals surface area contributed by atoms with Crippen molar-refractivity contribution >= 4 is 11.7 Å². The summed E-state index contributed by atoms with van der Waals surface area (Å²) in [6, 6.07) is 15.2. The number of anilines is 1. The van der Waals surface area contributed by atoms with Crippen LogP contribution in [0.15, 0.2) is 42.5 Å². The molecule has 0 aliphatic rings. The van der Waals surface area contributed by atoms with Gasteiger partial charge in [0, 0.05) is 24.2 Å². The Morgan fingerprint density at radius 1 is 1.00 bits per heavy atom. The van der Waals surface area contributed by atoms with Crippen molar-refractivity contribution in [3.8, 4) is 5.75 Å². The maximum absolute atomic E-state index is 11.9. The largest absolute Gasteiger partial charge is 0.426 e. The number of aliphatic hydroxyl groups excluding tert-OH is 1. The van der Waals surface area contributed by atoms with Crippen molar-refractivity contribution in [2.45, 2.75) is 85.4 Å². The van der Waals surface area contributed by atoms with Crippen molar-refractivity contribution < 1.29 is 14.6 Å². The number of hydrogen-bond donors (Lipinski definition) is 1. The van der Waals surface area contributed by atoms with Crippen molar-refractivity contribution in [3.05, 3.63) is 59.2 Å². The average molecular weight is 412 g/mol. The minimum atomic E-state index is -0.203. The molecule has 2 aromatic rings. The highest BCUT2D eigenvalue weighted by atomic mass is 16.5. The van der Waals surface area contributed by atoms with E-state index in [1.807, 2.05) is 19.1 Å². The molecule has 0 saturated heterocycles. The van der Waals surface area contributed by atoms with Crippen LogP contribution in [0.4, 0.5) is 5.69 Å². The third-order valence-corrected chi connectivity index (χ3v) is 5.22. The van der Waals surface area contributed by atoms with E-state index in [0.717, 1.165) is 36.8 Å². The molecule has 0 atom stereocenters. The Hall–Kier alpha value is -2.33. The molecular weight excluding hydrogens is 374 g/mol. The quantitative estimate of drug-likeness (QED) is 0.382. The summed E-state index contributed by atoms with van der Waals surface area (Å²) >= 11 is 0. The summed E-state index contributed by atoms with van der Waals surface area (Å²) in [4.78, 5) is 14.4. The standard InChI is InChI=1S/C26H37NO3/c1-6-9-26(29)30-25-15-14-22(18-28)16-23(25)12-7-10-21-11-8-13-24(17-21)27(19(2)3)20(4)5/h8,11,13-17,19-20,28H,6-7,9-10,12,18H2,1-5H3. The van der Waals surface area contributed by atoms with Crippen LogP contribution in [0.25, 0.3) is 0 Å². The van der Waals surface area contributed by atoms with Gasteiger partial charge in [-0.05, 0) is 94.3 Å². The predicted molar refractivity (Wildman–Crippen MR) is 124 cm³/mol. The fraction of sp³-hybridized carbons (Fsp3) is 0.500. The van der Waals surface area contributed by atoms with Gasteiger partial charge in [0.25, 0.3) is 0 Å². The van der Waals surface area contributed by atoms with Crippen LogP contribution in [0.3, 0.4) is 0 Å². The Balaban J connectivity index is 2.09. The lowest BCUT2D eigenvalue weighted by atomic mass is 10.0. The first kappa shape index (κ1) is 23.9. The highest BCUT2D eigenvalue weighted by Crippen LogP contribution is 2.25. The smallest absolute Gasteiger partial charge is 0.311 e. The monoisotopic (exact) mass is 411 g/mol. The van der Waals surface area contributed by atoms with E-state index in [2.05, 4.69) is 56.9 Å². The van der Waals surface area contributed by atoms with Gasteiger partial charge in [-0.3, -0.25) is 4.79 Å². The first-order valence-electron chi connectivity index (χ1n) is 11.2. The Labute approximate surface area is 181 Å². The molecule has 0 amide bonds. The fourth-order valence-corrected chi connectivity index (χ4v) is 3.95. The van der Waals surface area contributed by atoms with Crippen LogP contribution in [0, 0.1) is 0 Å². The number of aliphatic hydroxyl groups is 1. The minimum absolute atomic E-state index is 0.0154. The number of aryl methyl sites for hydroxylation is 2. The number of rotatable bonds is 11. The Morgan fingerprint density at radius 3 is 2.37 bits per heavy atom. The van der Waals surface area contributed by atoms with E-state index in [4.69, 9.17) is 4.74 Å². The Bertz CT molecular complexity index is 806. The zero-order valence-corrected chi connectivity index (χ0v) is 19.1. The number of carbonyl (C=O) groups excluding carboxylic acids is 1. The van der Waals surface area contributed by atoms with Crippen molar-refractivity contribution in [3.63, 3.8) is 0 Å². The van der Waals surface area contributed by atoms with E-state index >= 15 is 0 Å². The van der Waals surface area contributed by atoms with Crippen LogP contribution in [-0.2, 0) is 24.2 Å². The highest BCUT2D eigenvalue weighted by Gasteiger charge is 2.14. The lowest BCUT2D eigenvalue weighted by Gasteiger charge is -2.33. The summed E-state index contributed by atoms with van der Waals surface area (Å²) in [6.07, 6.45) is 3.87. The maximum atomic E-state index is 11.9. The Morgan fingerprint density at radius 2 is 1.73 bits per heavy atom. The number of esters is 1. The number of benzene rings is 2. The Kier molecular flexibility index (Phi) is 9.38. The van der Waals surface area contributed by atoms with E-state index in [-0.39, 0.29) is 12.6 Å². The third kappa shape index (κ3) is 6.88. The molecule has 0 unspecified atom stereocenters. The van der Waals surface area contributed by atoms with Crippen molar-refractivity contribution in [2.24, 2.45) is 0 Å². The number of ether oxygens (including phenoxy) is 1. The molecule has 0 heterocycles. The molecule has 0 aromatic heterocycles. The van der Waals surface area contributed by atoms with Gasteiger partial charge in [0.2, 0.25) is 0 Å². The van der Waals surface area contributed by atoms with E-state index in [9.17, 15) is 9.90 Å². The van der Waals surface area contributed by atoms with Crippen molar-refractivity contribution in [1.82, 2.24) is 0 Å². The molecule has 2 rings (SSSR count). The van der Waals surface area contributed by atoms with E-state index in [1.54, 1.807) is 6.07 Å². The third-order valence-electron chi connectivity index (χ3n) is 5.22. The summed E-state index contributed by atoms with van der Waals surface area (Å²) in [5, 5.41) is 9.48. The lowest BCUT2D eigenvalue weighted by Crippen LogP contribution is -2.36. The topological polar surface area (TPSA) is 49.8 Å². The zero-order valence-electron chi connectivity index (χ0n) is 19.1. The summed E-state index contributed by atoms with van der Waals surface area (Å²) in [5.74, 6) is 0.413. The summed E-state index contributed by atoms with van der Waals surface area (Å²) < 4.78 is 5.56. The molecule has 4 heteroatoms. The molecule has 0 aliphatic heterocycles. The van der Waals surface area contributed by atoms with Crippen LogP contribution in [0.5, 0.6) is 5.75 Å². The van der Waals surface area contributed by atoms with Gasteiger partial charge in [-0.25, -0.2) is 0 Å². The predicted octanol–water partition coefficient (Wildman–Crippen LogP) is 5.68. The molecule has 0 aliphatic carbocycles. The molecule has 0 saturated carbocycles. The second kappa shape index (κ2) is 11.8. The molecule has 0 radical (unpaired) electrons. The first-order valence-corrected chi connectivity index (χ1v) is 11.2. The molecule has 2 aromatic carbocycles. The van der Waals surface area contributed by atoms with Crippen molar-refractivity contribution in [2.75, 3.05) is 4.90 Å². The molecular formula is C26H37NO3. The molecule has 0 fully saturated rings. The van der Waals surface area contributed by atoms with Gasteiger partial charge >= 0.3 is 5.97 Å². The van der Waals surface area contributed by atoms with Gasteiger partial charge in [0.15, 0.2) is 0 Å². The number of carbonyl (C=O) groups is 1. The van der Waals surface area contributed by atoms with Crippen LogP contribution in [0.2, 0.25) is 0 Å². The molecule has 1 N–H and O–H groups in total. The van der Waals surface area contributed by atoms with Crippen molar-refractivity contribution in [1.29, 1.82) is 0 Å². The maximum Gasteiger partial charge on any atom is 0.311 e. The number of hydrogen-bond acceptors (Lipinski definition) is 4.